The SMILES string of the molecule is CCCN(C1CCNC1)S(=O)(=O)c1ccc(C)c(Br)c1.Cl. The molecule has 0 aromatic heterocycles. The molecule has 1 fully saturated rings. The number of hydrogen-bond acceptors (Lipinski definition) is 3. The van der Waals surface area contributed by atoms with E-state index in [2.05, 4.69) is 21.2 Å². The lowest BCUT2D eigenvalue weighted by Crippen LogP contribution is -2.42. The monoisotopic (exact) mass is 396 g/mol. The molecular weight excluding hydrogens is 376 g/mol. The zero-order chi connectivity index (χ0) is 14.8. The zero-order valence-corrected chi connectivity index (χ0v) is 15.5. The minimum Gasteiger partial charge on any atom is -0.315 e. The second-order valence-corrected chi connectivity index (χ2v) is 7.92. The van der Waals surface area contributed by atoms with Crippen LogP contribution in [0.4, 0.5) is 0 Å². The van der Waals surface area contributed by atoms with E-state index >= 15 is 0 Å². The molecule has 0 radical (unpaired) electrons. The van der Waals surface area contributed by atoms with Gasteiger partial charge in [0.2, 0.25) is 10.0 Å². The van der Waals surface area contributed by atoms with Crippen molar-refractivity contribution in [2.45, 2.75) is 37.6 Å². The van der Waals surface area contributed by atoms with Gasteiger partial charge in [0.25, 0.3) is 0 Å². The molecule has 7 heteroatoms. The molecule has 1 saturated heterocycles. The van der Waals surface area contributed by atoms with Gasteiger partial charge in [-0.25, -0.2) is 8.42 Å². The quantitative estimate of drug-likeness (QED) is 0.831. The van der Waals surface area contributed by atoms with E-state index in [9.17, 15) is 8.42 Å². The van der Waals surface area contributed by atoms with Crippen LogP contribution < -0.4 is 5.32 Å². The lowest BCUT2D eigenvalue weighted by Gasteiger charge is -2.27. The fourth-order valence-electron chi connectivity index (χ4n) is 2.47. The molecule has 1 heterocycles. The Morgan fingerprint density at radius 1 is 1.43 bits per heavy atom. The summed E-state index contributed by atoms with van der Waals surface area (Å²) in [4.78, 5) is 0.371. The smallest absolute Gasteiger partial charge is 0.243 e. The molecule has 0 bridgehead atoms. The van der Waals surface area contributed by atoms with Gasteiger partial charge in [-0.05, 0) is 44.0 Å². The molecule has 1 N–H and O–H groups in total. The third kappa shape index (κ3) is 4.20. The van der Waals surface area contributed by atoms with Crippen molar-refractivity contribution in [2.75, 3.05) is 19.6 Å². The molecular formula is C14H22BrClN2O2S. The van der Waals surface area contributed by atoms with E-state index in [1.54, 1.807) is 16.4 Å². The van der Waals surface area contributed by atoms with E-state index in [0.29, 0.717) is 11.4 Å². The number of nitrogens with zero attached hydrogens (tertiary/aromatic N) is 1. The molecule has 120 valence electrons. The van der Waals surface area contributed by atoms with Crippen molar-refractivity contribution in [3.63, 3.8) is 0 Å². The lowest BCUT2D eigenvalue weighted by atomic mass is 10.2. The number of rotatable bonds is 5. The predicted molar refractivity (Wildman–Crippen MR) is 91.6 cm³/mol. The van der Waals surface area contributed by atoms with Gasteiger partial charge >= 0.3 is 0 Å². The molecule has 4 nitrogen and oxygen atoms in total. The van der Waals surface area contributed by atoms with E-state index in [-0.39, 0.29) is 18.4 Å². The summed E-state index contributed by atoms with van der Waals surface area (Å²) in [5.74, 6) is 0. The maximum Gasteiger partial charge on any atom is 0.243 e. The van der Waals surface area contributed by atoms with Crippen LogP contribution in [-0.2, 0) is 10.0 Å². The lowest BCUT2D eigenvalue weighted by molar-refractivity contribution is 0.335. The summed E-state index contributed by atoms with van der Waals surface area (Å²) in [5.41, 5.74) is 1.04. The van der Waals surface area contributed by atoms with Crippen molar-refractivity contribution in [3.8, 4) is 0 Å². The Hall–Kier alpha value is -0.140. The average Bonchev–Trinajstić information content (AvgIpc) is 2.92. The minimum absolute atomic E-state index is 0. The molecule has 1 aliphatic heterocycles. The fourth-order valence-corrected chi connectivity index (χ4v) is 4.78. The fraction of sp³-hybridized carbons (Fsp3) is 0.571. The van der Waals surface area contributed by atoms with Gasteiger partial charge in [-0.3, -0.25) is 0 Å². The van der Waals surface area contributed by atoms with Crippen LogP contribution in [0.2, 0.25) is 0 Å². The molecule has 1 aromatic carbocycles. The second kappa shape index (κ2) is 7.92. The van der Waals surface area contributed by atoms with Gasteiger partial charge in [-0.1, -0.05) is 28.9 Å². The zero-order valence-electron chi connectivity index (χ0n) is 12.3. The Kier molecular flexibility index (Phi) is 7.13. The first kappa shape index (κ1) is 18.9. The Bertz CT molecular complexity index is 574. The van der Waals surface area contributed by atoms with E-state index in [1.165, 1.54) is 0 Å². The van der Waals surface area contributed by atoms with Crippen molar-refractivity contribution in [1.82, 2.24) is 9.62 Å². The highest BCUT2D eigenvalue weighted by Gasteiger charge is 2.32. The van der Waals surface area contributed by atoms with Crippen molar-refractivity contribution in [3.05, 3.63) is 28.2 Å². The molecule has 21 heavy (non-hydrogen) atoms. The summed E-state index contributed by atoms with van der Waals surface area (Å²) in [6.45, 7) is 6.16. The number of nitrogens with one attached hydrogen (secondary N) is 1. The molecule has 1 aromatic rings. The van der Waals surface area contributed by atoms with Crippen molar-refractivity contribution >= 4 is 38.4 Å². The molecule has 1 unspecified atom stereocenters. The number of aryl methyl sites for hydroxylation is 1. The molecule has 0 aliphatic carbocycles. The summed E-state index contributed by atoms with van der Waals surface area (Å²) < 4.78 is 28.2. The largest absolute Gasteiger partial charge is 0.315 e. The molecule has 0 saturated carbocycles. The normalized spacial score (nSPS) is 18.8. The van der Waals surface area contributed by atoms with Crippen molar-refractivity contribution in [2.24, 2.45) is 0 Å². The number of sulfonamides is 1. The minimum atomic E-state index is -3.42. The first-order valence-electron chi connectivity index (χ1n) is 6.95. The third-order valence-electron chi connectivity index (χ3n) is 3.64. The second-order valence-electron chi connectivity index (χ2n) is 5.17. The highest BCUT2D eigenvalue weighted by molar-refractivity contribution is 9.10. The Morgan fingerprint density at radius 3 is 2.67 bits per heavy atom. The van der Waals surface area contributed by atoms with Crippen molar-refractivity contribution < 1.29 is 8.42 Å². The van der Waals surface area contributed by atoms with Gasteiger partial charge in [0.05, 0.1) is 4.90 Å². The van der Waals surface area contributed by atoms with Gasteiger partial charge in [-0.2, -0.15) is 4.31 Å². The van der Waals surface area contributed by atoms with Gasteiger partial charge in [0, 0.05) is 23.6 Å². The van der Waals surface area contributed by atoms with E-state index in [4.69, 9.17) is 0 Å². The average molecular weight is 398 g/mol. The highest BCUT2D eigenvalue weighted by Crippen LogP contribution is 2.25. The highest BCUT2D eigenvalue weighted by atomic mass is 79.9. The maximum absolute atomic E-state index is 12.9. The van der Waals surface area contributed by atoms with E-state index < -0.39 is 10.0 Å². The summed E-state index contributed by atoms with van der Waals surface area (Å²) in [6.07, 6.45) is 1.70. The first-order chi connectivity index (χ1) is 9.46. The van der Waals surface area contributed by atoms with Crippen LogP contribution in [0.5, 0.6) is 0 Å². The van der Waals surface area contributed by atoms with Crippen LogP contribution in [0.3, 0.4) is 0 Å². The summed E-state index contributed by atoms with van der Waals surface area (Å²) in [7, 11) is -3.42. The van der Waals surface area contributed by atoms with Gasteiger partial charge in [-0.15, -0.1) is 12.4 Å². The Morgan fingerprint density at radius 2 is 2.14 bits per heavy atom. The van der Waals surface area contributed by atoms with Crippen LogP contribution in [0.15, 0.2) is 27.6 Å². The van der Waals surface area contributed by atoms with Crippen molar-refractivity contribution in [1.29, 1.82) is 0 Å². The molecule has 0 amide bonds. The summed E-state index contributed by atoms with van der Waals surface area (Å²) in [6, 6.07) is 5.31. The summed E-state index contributed by atoms with van der Waals surface area (Å²) in [5, 5.41) is 3.24. The predicted octanol–water partition coefficient (Wildman–Crippen LogP) is 2.94. The van der Waals surface area contributed by atoms with E-state index in [1.807, 2.05) is 19.9 Å². The number of benzene rings is 1. The van der Waals surface area contributed by atoms with Crippen LogP contribution in [0.1, 0.15) is 25.3 Å². The van der Waals surface area contributed by atoms with Crippen LogP contribution in [0, 0.1) is 6.92 Å². The third-order valence-corrected chi connectivity index (χ3v) is 6.44. The van der Waals surface area contributed by atoms with Crippen LogP contribution >= 0.6 is 28.3 Å². The summed E-state index contributed by atoms with van der Waals surface area (Å²) >= 11 is 3.41. The first-order valence-corrected chi connectivity index (χ1v) is 9.19. The van der Waals surface area contributed by atoms with Crippen LogP contribution in [0.25, 0.3) is 0 Å². The molecule has 0 spiro atoms. The van der Waals surface area contributed by atoms with E-state index in [0.717, 1.165) is 36.0 Å². The molecule has 1 atom stereocenters. The van der Waals surface area contributed by atoms with Gasteiger partial charge in [0.1, 0.15) is 0 Å². The number of halogens is 2. The van der Waals surface area contributed by atoms with Crippen LogP contribution in [-0.4, -0.2) is 38.4 Å². The number of hydrogen-bond donors (Lipinski definition) is 1. The maximum atomic E-state index is 12.9. The molecule has 1 aliphatic rings. The Balaban J connectivity index is 0.00000220. The molecule has 2 rings (SSSR count). The van der Waals surface area contributed by atoms with Gasteiger partial charge < -0.3 is 5.32 Å². The Labute approximate surface area is 141 Å². The van der Waals surface area contributed by atoms with Gasteiger partial charge in [0.15, 0.2) is 0 Å². The topological polar surface area (TPSA) is 49.4 Å². The standard InChI is InChI=1S/C14H21BrN2O2S.ClH/c1-3-8-17(12-6-7-16-10-12)20(18,19)13-5-4-11(2)14(15)9-13;/h4-5,9,12,16H,3,6-8,10H2,1-2H3;1H.